The topological polar surface area (TPSA) is 59.2 Å². The second-order valence-electron chi connectivity index (χ2n) is 3.99. The zero-order chi connectivity index (χ0) is 12.7. The number of amides is 1. The van der Waals surface area contributed by atoms with Crippen LogP contribution >= 0.6 is 22.9 Å². The third-order valence-electron chi connectivity index (χ3n) is 2.87. The molecule has 1 aliphatic rings. The van der Waals surface area contributed by atoms with Gasteiger partial charge in [-0.25, -0.2) is 4.98 Å². The van der Waals surface area contributed by atoms with Gasteiger partial charge in [-0.15, -0.1) is 0 Å². The lowest BCUT2D eigenvalue weighted by atomic mass is 10.1. The Morgan fingerprint density at radius 2 is 2.17 bits per heavy atom. The summed E-state index contributed by atoms with van der Waals surface area (Å²) >= 11 is 7.36. The zero-order valence-electron chi connectivity index (χ0n) is 9.39. The molecule has 0 atom stereocenters. The Labute approximate surface area is 113 Å². The van der Waals surface area contributed by atoms with Gasteiger partial charge in [-0.1, -0.05) is 35.1 Å². The maximum atomic E-state index is 12.4. The van der Waals surface area contributed by atoms with E-state index in [4.69, 9.17) is 17.3 Å². The predicted molar refractivity (Wildman–Crippen MR) is 73.4 cm³/mol. The molecule has 1 aliphatic heterocycles. The number of hydrogen-bond acceptors (Lipinski definition) is 4. The highest BCUT2D eigenvalue weighted by Crippen LogP contribution is 2.32. The number of benzene rings is 1. The maximum absolute atomic E-state index is 12.4. The van der Waals surface area contributed by atoms with Crippen molar-refractivity contribution < 1.29 is 4.79 Å². The van der Waals surface area contributed by atoms with Crippen molar-refractivity contribution in [3.8, 4) is 0 Å². The van der Waals surface area contributed by atoms with Crippen LogP contribution in [0.3, 0.4) is 0 Å². The van der Waals surface area contributed by atoms with E-state index >= 15 is 0 Å². The quantitative estimate of drug-likeness (QED) is 0.873. The molecule has 0 spiro atoms. The molecule has 3 rings (SSSR count). The van der Waals surface area contributed by atoms with Crippen molar-refractivity contribution in [2.45, 2.75) is 6.42 Å². The summed E-state index contributed by atoms with van der Waals surface area (Å²) in [5.74, 6) is -0.0708. The summed E-state index contributed by atoms with van der Waals surface area (Å²) < 4.78 is 0. The number of carbonyl (C=O) groups excluding carboxylic acids is 1. The van der Waals surface area contributed by atoms with Crippen molar-refractivity contribution in [2.24, 2.45) is 0 Å². The van der Waals surface area contributed by atoms with E-state index < -0.39 is 0 Å². The third kappa shape index (κ3) is 1.76. The van der Waals surface area contributed by atoms with E-state index in [1.807, 2.05) is 18.2 Å². The van der Waals surface area contributed by atoms with Gasteiger partial charge in [0.15, 0.2) is 5.13 Å². The minimum atomic E-state index is -0.0708. The number of thiazole rings is 1. The van der Waals surface area contributed by atoms with Gasteiger partial charge in [0.05, 0.1) is 16.4 Å². The van der Waals surface area contributed by atoms with Crippen LogP contribution in [0.2, 0.25) is 5.02 Å². The Morgan fingerprint density at radius 1 is 1.39 bits per heavy atom. The molecule has 2 aromatic rings. The highest BCUT2D eigenvalue weighted by atomic mass is 35.5. The maximum Gasteiger partial charge on any atom is 0.270 e. The molecule has 2 heterocycles. The fraction of sp³-hybridized carbons (Fsp3) is 0.167. The smallest absolute Gasteiger partial charge is 0.270 e. The van der Waals surface area contributed by atoms with E-state index in [2.05, 4.69) is 4.98 Å². The molecule has 92 valence electrons. The van der Waals surface area contributed by atoms with Crippen molar-refractivity contribution in [3.63, 3.8) is 0 Å². The summed E-state index contributed by atoms with van der Waals surface area (Å²) in [4.78, 5) is 18.8. The number of carbonyl (C=O) groups is 1. The van der Waals surface area contributed by atoms with E-state index in [1.165, 1.54) is 11.3 Å². The minimum Gasteiger partial charge on any atom is -0.375 e. The van der Waals surface area contributed by atoms with Gasteiger partial charge < -0.3 is 10.6 Å². The monoisotopic (exact) mass is 279 g/mol. The van der Waals surface area contributed by atoms with Gasteiger partial charge in [0.25, 0.3) is 5.91 Å². The lowest BCUT2D eigenvalue weighted by molar-refractivity contribution is 0.0984. The predicted octanol–water partition coefficient (Wildman–Crippen LogP) is 2.58. The number of anilines is 2. The Hall–Kier alpha value is -1.59. The Balaban J connectivity index is 2.03. The van der Waals surface area contributed by atoms with Crippen LogP contribution in [-0.2, 0) is 6.42 Å². The lowest BCUT2D eigenvalue weighted by Crippen LogP contribution is -2.37. The number of halogens is 1. The van der Waals surface area contributed by atoms with E-state index in [-0.39, 0.29) is 5.91 Å². The van der Waals surface area contributed by atoms with Gasteiger partial charge >= 0.3 is 0 Å². The summed E-state index contributed by atoms with van der Waals surface area (Å²) in [6.07, 6.45) is 0.708. The van der Waals surface area contributed by atoms with Gasteiger partial charge in [-0.2, -0.15) is 0 Å². The molecular weight excluding hydrogens is 270 g/mol. The fourth-order valence-corrected chi connectivity index (χ4v) is 3.11. The number of nitrogens with two attached hydrogens (primary N) is 1. The van der Waals surface area contributed by atoms with E-state index in [1.54, 1.807) is 11.0 Å². The zero-order valence-corrected chi connectivity index (χ0v) is 11.0. The van der Waals surface area contributed by atoms with E-state index in [0.717, 1.165) is 11.4 Å². The lowest BCUT2D eigenvalue weighted by Gasteiger charge is -2.26. The SMILES string of the molecule is Nc1nc2c(s1)C(=O)N(c1ccccc1Cl)CC2. The molecule has 0 radical (unpaired) electrons. The standard InChI is InChI=1S/C12H10ClN3OS/c13-7-3-1-2-4-9(7)16-6-5-8-10(11(16)17)18-12(14)15-8/h1-4H,5-6H2,(H2,14,15). The minimum absolute atomic E-state index is 0.0708. The number of para-hydroxylation sites is 1. The van der Waals surface area contributed by atoms with Gasteiger partial charge in [-0.3, -0.25) is 4.79 Å². The molecule has 0 saturated carbocycles. The van der Waals surface area contributed by atoms with Crippen LogP contribution < -0.4 is 10.6 Å². The van der Waals surface area contributed by atoms with Crippen molar-refractivity contribution in [2.75, 3.05) is 17.2 Å². The van der Waals surface area contributed by atoms with Crippen LogP contribution in [0.4, 0.5) is 10.8 Å². The largest absolute Gasteiger partial charge is 0.375 e. The molecule has 0 aliphatic carbocycles. The summed E-state index contributed by atoms with van der Waals surface area (Å²) in [7, 11) is 0. The van der Waals surface area contributed by atoms with Crippen LogP contribution in [0, 0.1) is 0 Å². The molecule has 6 heteroatoms. The van der Waals surface area contributed by atoms with Crippen LogP contribution in [0.15, 0.2) is 24.3 Å². The van der Waals surface area contributed by atoms with Crippen molar-refractivity contribution >= 4 is 39.7 Å². The van der Waals surface area contributed by atoms with Crippen molar-refractivity contribution in [3.05, 3.63) is 39.9 Å². The first-order valence-electron chi connectivity index (χ1n) is 5.48. The van der Waals surface area contributed by atoms with Gasteiger partial charge in [0.1, 0.15) is 4.88 Å². The molecule has 4 nitrogen and oxygen atoms in total. The van der Waals surface area contributed by atoms with Crippen molar-refractivity contribution in [1.82, 2.24) is 4.98 Å². The van der Waals surface area contributed by atoms with Crippen LogP contribution in [0.5, 0.6) is 0 Å². The molecule has 0 bridgehead atoms. The van der Waals surface area contributed by atoms with Gasteiger partial charge in [0.2, 0.25) is 0 Å². The summed E-state index contributed by atoms with van der Waals surface area (Å²) in [5.41, 5.74) is 7.18. The van der Waals surface area contributed by atoms with Crippen LogP contribution in [0.25, 0.3) is 0 Å². The summed E-state index contributed by atoms with van der Waals surface area (Å²) in [6.45, 7) is 0.582. The molecule has 1 aromatic carbocycles. The molecule has 1 aromatic heterocycles. The summed E-state index contributed by atoms with van der Waals surface area (Å²) in [5, 5.41) is 1.01. The van der Waals surface area contributed by atoms with Crippen LogP contribution in [0.1, 0.15) is 15.4 Å². The molecule has 1 amide bonds. The average Bonchev–Trinajstić information content (AvgIpc) is 2.73. The Morgan fingerprint density at radius 3 is 2.94 bits per heavy atom. The van der Waals surface area contributed by atoms with E-state index in [0.29, 0.717) is 28.0 Å². The number of hydrogen-bond donors (Lipinski definition) is 1. The molecule has 0 unspecified atom stereocenters. The molecule has 0 fully saturated rings. The first kappa shape index (κ1) is 11.5. The first-order valence-corrected chi connectivity index (χ1v) is 6.68. The second kappa shape index (κ2) is 4.26. The van der Waals surface area contributed by atoms with Gasteiger partial charge in [0, 0.05) is 13.0 Å². The molecule has 0 saturated heterocycles. The fourth-order valence-electron chi connectivity index (χ4n) is 2.05. The molecular formula is C12H10ClN3OS. The van der Waals surface area contributed by atoms with E-state index in [9.17, 15) is 4.79 Å². The van der Waals surface area contributed by atoms with Gasteiger partial charge in [-0.05, 0) is 12.1 Å². The number of fused-ring (bicyclic) bond motifs is 1. The Bertz CT molecular complexity index is 626. The third-order valence-corrected chi connectivity index (χ3v) is 4.10. The normalized spacial score (nSPS) is 14.7. The second-order valence-corrected chi connectivity index (χ2v) is 5.42. The van der Waals surface area contributed by atoms with Crippen LogP contribution in [-0.4, -0.2) is 17.4 Å². The molecule has 18 heavy (non-hydrogen) atoms. The first-order chi connectivity index (χ1) is 8.66. The molecule has 2 N–H and O–H groups in total. The number of nitrogens with zero attached hydrogens (tertiary/aromatic N) is 2. The highest BCUT2D eigenvalue weighted by molar-refractivity contribution is 7.17. The summed E-state index contributed by atoms with van der Waals surface area (Å²) in [6, 6.07) is 7.33. The number of rotatable bonds is 1. The average molecular weight is 280 g/mol. The number of nitrogen functional groups attached to an aromatic ring is 1. The van der Waals surface area contributed by atoms with Crippen molar-refractivity contribution in [1.29, 1.82) is 0 Å². The number of aromatic nitrogens is 1. The highest BCUT2D eigenvalue weighted by Gasteiger charge is 2.29. The Kier molecular flexibility index (Phi) is 2.72.